The van der Waals surface area contributed by atoms with Crippen LogP contribution in [0.3, 0.4) is 0 Å². The van der Waals surface area contributed by atoms with E-state index >= 15 is 0 Å². The SMILES string of the molecule is O=C(CCn1nc(C(F)(F)F)cc1C1CC1)N1CCN(Cc2ccc(Cl)cc2)CC1. The smallest absolute Gasteiger partial charge is 0.340 e. The number of aryl methyl sites for hydroxylation is 1. The van der Waals surface area contributed by atoms with Gasteiger partial charge in [-0.15, -0.1) is 0 Å². The zero-order chi connectivity index (χ0) is 21.3. The van der Waals surface area contributed by atoms with E-state index in [1.807, 2.05) is 24.3 Å². The van der Waals surface area contributed by atoms with Gasteiger partial charge in [0.05, 0.1) is 0 Å². The second kappa shape index (κ2) is 8.59. The van der Waals surface area contributed by atoms with Gasteiger partial charge in [-0.1, -0.05) is 23.7 Å². The Kier molecular flexibility index (Phi) is 6.06. The number of benzene rings is 1. The van der Waals surface area contributed by atoms with Crippen molar-refractivity contribution in [1.29, 1.82) is 0 Å². The maximum atomic E-state index is 13.0. The maximum Gasteiger partial charge on any atom is 0.435 e. The lowest BCUT2D eigenvalue weighted by Gasteiger charge is -2.34. The Balaban J connectivity index is 1.28. The lowest BCUT2D eigenvalue weighted by molar-refractivity contribution is -0.141. The number of rotatable bonds is 6. The summed E-state index contributed by atoms with van der Waals surface area (Å²) in [6.07, 6.45) is -2.53. The Bertz CT molecular complexity index is 885. The predicted molar refractivity (Wildman–Crippen MR) is 107 cm³/mol. The molecule has 1 aliphatic heterocycles. The normalized spacial score (nSPS) is 18.1. The molecule has 1 aliphatic carbocycles. The number of halogens is 4. The predicted octanol–water partition coefficient (Wildman–Crippen LogP) is 4.17. The first-order valence-corrected chi connectivity index (χ1v) is 10.6. The molecule has 1 aromatic carbocycles. The lowest BCUT2D eigenvalue weighted by atomic mass is 10.2. The molecule has 2 heterocycles. The van der Waals surface area contributed by atoms with E-state index in [-0.39, 0.29) is 24.8 Å². The molecule has 4 rings (SSSR count). The fourth-order valence-electron chi connectivity index (χ4n) is 3.82. The Hall–Kier alpha value is -2.06. The summed E-state index contributed by atoms with van der Waals surface area (Å²) in [7, 11) is 0. The molecule has 162 valence electrons. The summed E-state index contributed by atoms with van der Waals surface area (Å²) in [5.41, 5.74) is 0.904. The van der Waals surface area contributed by atoms with Gasteiger partial charge in [-0.25, -0.2) is 0 Å². The molecular weight excluding hydrogens is 417 g/mol. The largest absolute Gasteiger partial charge is 0.435 e. The van der Waals surface area contributed by atoms with Crippen LogP contribution in [-0.2, 0) is 24.1 Å². The van der Waals surface area contributed by atoms with Crippen LogP contribution in [0.4, 0.5) is 13.2 Å². The van der Waals surface area contributed by atoms with Crippen molar-refractivity contribution in [2.24, 2.45) is 0 Å². The molecule has 0 unspecified atom stereocenters. The molecule has 0 bridgehead atoms. The van der Waals surface area contributed by atoms with Crippen molar-refractivity contribution in [1.82, 2.24) is 19.6 Å². The van der Waals surface area contributed by atoms with Crippen molar-refractivity contribution in [3.8, 4) is 0 Å². The molecule has 5 nitrogen and oxygen atoms in total. The molecule has 1 aromatic heterocycles. The molecule has 2 aromatic rings. The summed E-state index contributed by atoms with van der Waals surface area (Å²) in [5.74, 6) is 0.104. The van der Waals surface area contributed by atoms with Crippen molar-refractivity contribution < 1.29 is 18.0 Å². The van der Waals surface area contributed by atoms with Gasteiger partial charge in [0.15, 0.2) is 5.69 Å². The van der Waals surface area contributed by atoms with Gasteiger partial charge in [-0.05, 0) is 36.6 Å². The van der Waals surface area contributed by atoms with Gasteiger partial charge in [0.1, 0.15) is 0 Å². The summed E-state index contributed by atoms with van der Waals surface area (Å²) in [6.45, 7) is 3.76. The van der Waals surface area contributed by atoms with Crippen LogP contribution in [-0.4, -0.2) is 51.7 Å². The number of carbonyl (C=O) groups is 1. The number of alkyl halides is 3. The highest BCUT2D eigenvalue weighted by atomic mass is 35.5. The van der Waals surface area contributed by atoms with Crippen LogP contribution in [0.2, 0.25) is 5.02 Å². The molecule has 1 saturated carbocycles. The molecule has 9 heteroatoms. The minimum Gasteiger partial charge on any atom is -0.340 e. The fourth-order valence-corrected chi connectivity index (χ4v) is 3.95. The van der Waals surface area contributed by atoms with Crippen molar-refractivity contribution in [2.45, 2.75) is 44.4 Å². The number of hydrogen-bond donors (Lipinski definition) is 0. The summed E-state index contributed by atoms with van der Waals surface area (Å²) >= 11 is 5.92. The van der Waals surface area contributed by atoms with E-state index in [2.05, 4.69) is 10.00 Å². The topological polar surface area (TPSA) is 41.4 Å². The summed E-state index contributed by atoms with van der Waals surface area (Å²) in [6, 6.07) is 8.86. The second-order valence-corrected chi connectivity index (χ2v) is 8.42. The van der Waals surface area contributed by atoms with E-state index in [4.69, 9.17) is 11.6 Å². The van der Waals surface area contributed by atoms with Gasteiger partial charge < -0.3 is 4.90 Å². The molecule has 1 saturated heterocycles. The van der Waals surface area contributed by atoms with Crippen molar-refractivity contribution in [3.63, 3.8) is 0 Å². The van der Waals surface area contributed by atoms with Crippen LogP contribution in [0.1, 0.15) is 42.1 Å². The number of piperazine rings is 1. The Morgan fingerprint density at radius 1 is 1.10 bits per heavy atom. The van der Waals surface area contributed by atoms with Crippen LogP contribution < -0.4 is 0 Å². The molecule has 2 fully saturated rings. The van der Waals surface area contributed by atoms with E-state index in [9.17, 15) is 18.0 Å². The van der Waals surface area contributed by atoms with Crippen LogP contribution in [0, 0.1) is 0 Å². The van der Waals surface area contributed by atoms with Crippen LogP contribution >= 0.6 is 11.6 Å². The highest BCUT2D eigenvalue weighted by molar-refractivity contribution is 6.30. The first-order valence-electron chi connectivity index (χ1n) is 10.2. The Labute approximate surface area is 178 Å². The first-order chi connectivity index (χ1) is 14.3. The Morgan fingerprint density at radius 3 is 2.37 bits per heavy atom. The van der Waals surface area contributed by atoms with E-state index in [1.54, 1.807) is 4.90 Å². The van der Waals surface area contributed by atoms with Crippen LogP contribution in [0.25, 0.3) is 0 Å². The van der Waals surface area contributed by atoms with E-state index in [0.717, 1.165) is 38.5 Å². The average molecular weight is 441 g/mol. The Morgan fingerprint density at radius 2 is 1.77 bits per heavy atom. The third-order valence-corrected chi connectivity index (χ3v) is 5.93. The lowest BCUT2D eigenvalue weighted by Crippen LogP contribution is -2.48. The zero-order valence-corrected chi connectivity index (χ0v) is 17.3. The highest BCUT2D eigenvalue weighted by Crippen LogP contribution is 2.42. The molecule has 2 aliphatic rings. The van der Waals surface area contributed by atoms with Gasteiger partial charge in [0.25, 0.3) is 0 Å². The number of hydrogen-bond acceptors (Lipinski definition) is 3. The number of carbonyl (C=O) groups excluding carboxylic acids is 1. The summed E-state index contributed by atoms with van der Waals surface area (Å²) in [4.78, 5) is 16.7. The second-order valence-electron chi connectivity index (χ2n) is 7.98. The van der Waals surface area contributed by atoms with Crippen LogP contribution in [0.15, 0.2) is 30.3 Å². The standard InChI is InChI=1S/C21H24ClF3N4O/c22-17-5-1-15(2-6-17)14-27-9-11-28(12-10-27)20(30)7-8-29-18(16-3-4-16)13-19(26-29)21(23,24)25/h1-2,5-6,13,16H,3-4,7-12,14H2. The maximum absolute atomic E-state index is 13.0. The van der Waals surface area contributed by atoms with E-state index in [1.165, 1.54) is 10.2 Å². The van der Waals surface area contributed by atoms with Gasteiger partial charge in [-0.2, -0.15) is 18.3 Å². The molecule has 0 atom stereocenters. The monoisotopic (exact) mass is 440 g/mol. The highest BCUT2D eigenvalue weighted by Gasteiger charge is 2.37. The van der Waals surface area contributed by atoms with Crippen molar-refractivity contribution in [3.05, 3.63) is 52.3 Å². The minimum atomic E-state index is -4.46. The van der Waals surface area contributed by atoms with Crippen molar-refractivity contribution in [2.75, 3.05) is 26.2 Å². The first kappa shape index (κ1) is 21.2. The number of amides is 1. The third-order valence-electron chi connectivity index (χ3n) is 5.68. The molecule has 0 spiro atoms. The number of aromatic nitrogens is 2. The average Bonchev–Trinajstić information content (AvgIpc) is 3.46. The fraction of sp³-hybridized carbons (Fsp3) is 0.524. The van der Waals surface area contributed by atoms with Gasteiger partial charge in [0.2, 0.25) is 5.91 Å². The van der Waals surface area contributed by atoms with E-state index < -0.39 is 11.9 Å². The van der Waals surface area contributed by atoms with E-state index in [0.29, 0.717) is 23.8 Å². The minimum absolute atomic E-state index is 0.0352. The molecule has 1 amide bonds. The molecule has 0 N–H and O–H groups in total. The summed E-state index contributed by atoms with van der Waals surface area (Å²) in [5, 5.41) is 4.44. The quantitative estimate of drug-likeness (QED) is 0.677. The van der Waals surface area contributed by atoms with Gasteiger partial charge >= 0.3 is 6.18 Å². The van der Waals surface area contributed by atoms with Crippen LogP contribution in [0.5, 0.6) is 0 Å². The molecule has 30 heavy (non-hydrogen) atoms. The van der Waals surface area contributed by atoms with Gasteiger partial charge in [-0.3, -0.25) is 14.4 Å². The third kappa shape index (κ3) is 5.16. The molecule has 0 radical (unpaired) electrons. The van der Waals surface area contributed by atoms with Gasteiger partial charge in [0, 0.05) is 62.3 Å². The zero-order valence-electron chi connectivity index (χ0n) is 16.5. The summed E-state index contributed by atoms with van der Waals surface area (Å²) < 4.78 is 40.4. The van der Waals surface area contributed by atoms with Crippen molar-refractivity contribution >= 4 is 17.5 Å². The molecular formula is C21H24ClF3N4O. The number of nitrogens with zero attached hydrogens (tertiary/aromatic N) is 4.